The van der Waals surface area contributed by atoms with E-state index in [4.69, 9.17) is 9.47 Å². The van der Waals surface area contributed by atoms with Gasteiger partial charge >= 0.3 is 0 Å². The SMILES string of the molecule is Cc1ccn(CC(=O)N2CC[C@H]3OCc4cccc(c4)Oc4cccc(c4)CCC(=O)N(C)CC(=O)N[C@H]3C2)n1. The topological polar surface area (TPSA) is 106 Å². The summed E-state index contributed by atoms with van der Waals surface area (Å²) in [5.74, 6) is 0.896. The van der Waals surface area contributed by atoms with E-state index in [2.05, 4.69) is 10.4 Å². The van der Waals surface area contributed by atoms with Crippen LogP contribution in [0.2, 0.25) is 0 Å². The van der Waals surface area contributed by atoms with Gasteiger partial charge < -0.3 is 24.6 Å². The van der Waals surface area contributed by atoms with Crippen LogP contribution in [0.1, 0.15) is 29.7 Å². The van der Waals surface area contributed by atoms with Crippen molar-refractivity contribution < 1.29 is 23.9 Å². The molecule has 2 aliphatic rings. The third kappa shape index (κ3) is 7.06. The molecule has 0 unspecified atom stereocenters. The maximum atomic E-state index is 13.1. The molecule has 40 heavy (non-hydrogen) atoms. The van der Waals surface area contributed by atoms with Gasteiger partial charge in [-0.25, -0.2) is 0 Å². The number of rotatable bonds is 2. The molecule has 5 rings (SSSR count). The van der Waals surface area contributed by atoms with E-state index < -0.39 is 6.04 Å². The molecule has 2 aliphatic heterocycles. The summed E-state index contributed by atoms with van der Waals surface area (Å²) in [6.45, 7) is 3.08. The van der Waals surface area contributed by atoms with Gasteiger partial charge in [0.25, 0.3) is 0 Å². The predicted octanol–water partition coefficient (Wildman–Crippen LogP) is 2.69. The lowest BCUT2D eigenvalue weighted by Gasteiger charge is -2.39. The second-order valence-corrected chi connectivity index (χ2v) is 10.5. The number of nitrogens with one attached hydrogen (secondary N) is 1. The van der Waals surface area contributed by atoms with Gasteiger partial charge in [-0.2, -0.15) is 5.10 Å². The van der Waals surface area contributed by atoms with E-state index in [9.17, 15) is 14.4 Å². The number of hydrogen-bond acceptors (Lipinski definition) is 6. The van der Waals surface area contributed by atoms with Gasteiger partial charge in [0.05, 0.1) is 31.0 Å². The molecule has 2 atom stereocenters. The fraction of sp³-hybridized carbons (Fsp3) is 0.400. The fourth-order valence-corrected chi connectivity index (χ4v) is 5.09. The number of benzene rings is 2. The third-order valence-electron chi connectivity index (χ3n) is 7.25. The Labute approximate surface area is 233 Å². The predicted molar refractivity (Wildman–Crippen MR) is 148 cm³/mol. The number of piperidine rings is 1. The first-order valence-corrected chi connectivity index (χ1v) is 13.6. The number of fused-ring (bicyclic) bond motifs is 5. The Morgan fingerprint density at radius 3 is 2.55 bits per heavy atom. The standard InChI is InChI=1S/C30H35N5O5/c1-21-11-14-35(32-21)19-30(38)34-13-12-27-26(17-34)31-28(36)18-33(2)29(37)10-9-22-5-3-7-24(15-22)40-25-8-4-6-23(16-25)20-39-27/h3-8,11,14-16,26-27H,9-10,12-13,17-20H2,1-2H3,(H,31,36)/t26-,27+/m0/s1. The Kier molecular flexibility index (Phi) is 8.45. The van der Waals surface area contributed by atoms with Crippen molar-refractivity contribution in [2.75, 3.05) is 26.7 Å². The third-order valence-corrected chi connectivity index (χ3v) is 7.25. The monoisotopic (exact) mass is 545 g/mol. The minimum atomic E-state index is -0.425. The lowest BCUT2D eigenvalue weighted by molar-refractivity contribution is -0.139. The zero-order valence-electron chi connectivity index (χ0n) is 22.9. The van der Waals surface area contributed by atoms with E-state index in [1.165, 1.54) is 4.90 Å². The van der Waals surface area contributed by atoms with Crippen molar-refractivity contribution in [3.63, 3.8) is 0 Å². The van der Waals surface area contributed by atoms with Crippen LogP contribution in [-0.2, 0) is 38.7 Å². The molecule has 3 heterocycles. The van der Waals surface area contributed by atoms with E-state index in [-0.39, 0.29) is 43.3 Å². The highest BCUT2D eigenvalue weighted by Gasteiger charge is 2.33. The number of carbonyl (C=O) groups excluding carboxylic acids is 3. The van der Waals surface area contributed by atoms with Crippen molar-refractivity contribution in [3.8, 4) is 11.5 Å². The molecule has 2 aromatic carbocycles. The minimum Gasteiger partial charge on any atom is -0.457 e. The first kappa shape index (κ1) is 27.4. The van der Waals surface area contributed by atoms with Crippen LogP contribution in [0.25, 0.3) is 0 Å². The molecule has 1 fully saturated rings. The largest absolute Gasteiger partial charge is 0.457 e. The lowest BCUT2D eigenvalue weighted by atomic mass is 10.0. The average Bonchev–Trinajstić information content (AvgIpc) is 3.35. The minimum absolute atomic E-state index is 0.0735. The summed E-state index contributed by atoms with van der Waals surface area (Å²) in [6.07, 6.45) is 2.84. The van der Waals surface area contributed by atoms with E-state index >= 15 is 0 Å². The Bertz CT molecular complexity index is 1370. The van der Waals surface area contributed by atoms with Gasteiger partial charge in [0.1, 0.15) is 18.0 Å². The molecule has 1 N–H and O–H groups in total. The van der Waals surface area contributed by atoms with Gasteiger partial charge in [-0.05, 0) is 61.2 Å². The second-order valence-electron chi connectivity index (χ2n) is 10.5. The first-order valence-electron chi connectivity index (χ1n) is 13.6. The van der Waals surface area contributed by atoms with Gasteiger partial charge in [-0.15, -0.1) is 0 Å². The number of likely N-dealkylation sites (N-methyl/N-ethyl adjacent to an activating group) is 1. The number of likely N-dealkylation sites (tertiary alicyclic amines) is 1. The molecule has 3 aromatic rings. The summed E-state index contributed by atoms with van der Waals surface area (Å²) in [4.78, 5) is 42.1. The summed E-state index contributed by atoms with van der Waals surface area (Å²) in [7, 11) is 1.63. The van der Waals surface area contributed by atoms with Crippen molar-refractivity contribution in [1.82, 2.24) is 24.9 Å². The summed E-state index contributed by atoms with van der Waals surface area (Å²) >= 11 is 0. The fourth-order valence-electron chi connectivity index (χ4n) is 5.09. The lowest BCUT2D eigenvalue weighted by Crippen LogP contribution is -2.58. The molecule has 0 radical (unpaired) electrons. The molecule has 10 heteroatoms. The Morgan fingerprint density at radius 2 is 1.80 bits per heavy atom. The van der Waals surface area contributed by atoms with Crippen LogP contribution in [0.4, 0.5) is 0 Å². The van der Waals surface area contributed by atoms with Crippen molar-refractivity contribution in [2.24, 2.45) is 0 Å². The smallest absolute Gasteiger partial charge is 0.244 e. The Hall–Kier alpha value is -4.18. The molecule has 0 saturated carbocycles. The van der Waals surface area contributed by atoms with Gasteiger partial charge in [0, 0.05) is 32.8 Å². The van der Waals surface area contributed by atoms with Gasteiger partial charge in [0.15, 0.2) is 0 Å². The van der Waals surface area contributed by atoms with Gasteiger partial charge in [-0.1, -0.05) is 24.3 Å². The highest BCUT2D eigenvalue weighted by Crippen LogP contribution is 2.25. The normalized spacial score (nSPS) is 20.6. The van der Waals surface area contributed by atoms with E-state index in [1.807, 2.05) is 61.5 Å². The Morgan fingerprint density at radius 1 is 1.05 bits per heavy atom. The number of amides is 3. The number of nitrogens with zero attached hydrogens (tertiary/aromatic N) is 4. The molecule has 0 spiro atoms. The zero-order valence-corrected chi connectivity index (χ0v) is 22.9. The van der Waals surface area contributed by atoms with Crippen LogP contribution >= 0.6 is 0 Å². The first-order chi connectivity index (χ1) is 19.3. The maximum Gasteiger partial charge on any atom is 0.244 e. The van der Waals surface area contributed by atoms with Gasteiger partial charge in [-0.3, -0.25) is 19.1 Å². The Balaban J connectivity index is 1.34. The van der Waals surface area contributed by atoms with E-state index in [0.717, 1.165) is 16.8 Å². The van der Waals surface area contributed by atoms with Crippen LogP contribution in [0, 0.1) is 6.92 Å². The maximum absolute atomic E-state index is 13.1. The molecule has 1 aromatic heterocycles. The van der Waals surface area contributed by atoms with Crippen molar-refractivity contribution >= 4 is 17.7 Å². The van der Waals surface area contributed by atoms with Crippen LogP contribution in [0.15, 0.2) is 60.8 Å². The summed E-state index contributed by atoms with van der Waals surface area (Å²) in [5.41, 5.74) is 2.76. The second kappa shape index (κ2) is 12.3. The van der Waals surface area contributed by atoms with Crippen molar-refractivity contribution in [2.45, 2.75) is 51.5 Å². The molecule has 4 bridgehead atoms. The summed E-state index contributed by atoms with van der Waals surface area (Å²) < 4.78 is 14.0. The number of ether oxygens (including phenoxy) is 2. The number of aromatic nitrogens is 2. The highest BCUT2D eigenvalue weighted by atomic mass is 16.5. The number of hydrogen-bond donors (Lipinski definition) is 1. The van der Waals surface area contributed by atoms with Crippen molar-refractivity contribution in [3.05, 3.63) is 77.6 Å². The van der Waals surface area contributed by atoms with Crippen LogP contribution < -0.4 is 10.1 Å². The molecule has 1 saturated heterocycles. The zero-order chi connectivity index (χ0) is 28.1. The van der Waals surface area contributed by atoms with Crippen LogP contribution in [-0.4, -0.2) is 76.1 Å². The molecular weight excluding hydrogens is 510 g/mol. The van der Waals surface area contributed by atoms with Crippen molar-refractivity contribution in [1.29, 1.82) is 0 Å². The van der Waals surface area contributed by atoms with E-state index in [0.29, 0.717) is 44.0 Å². The number of aryl methyl sites for hydroxylation is 2. The highest BCUT2D eigenvalue weighted by molar-refractivity contribution is 5.85. The summed E-state index contributed by atoms with van der Waals surface area (Å²) in [5, 5.41) is 7.35. The molecule has 0 aliphatic carbocycles. The average molecular weight is 546 g/mol. The number of carbonyl (C=O) groups is 3. The molecule has 10 nitrogen and oxygen atoms in total. The molecular formula is C30H35N5O5. The van der Waals surface area contributed by atoms with Gasteiger partial charge in [0.2, 0.25) is 17.7 Å². The molecule has 210 valence electrons. The summed E-state index contributed by atoms with van der Waals surface area (Å²) in [6, 6.07) is 16.8. The molecule has 3 amide bonds. The quantitative estimate of drug-likeness (QED) is 0.531. The van der Waals surface area contributed by atoms with Crippen LogP contribution in [0.3, 0.4) is 0 Å². The van der Waals surface area contributed by atoms with E-state index in [1.54, 1.807) is 22.8 Å². The van der Waals surface area contributed by atoms with Crippen LogP contribution in [0.5, 0.6) is 11.5 Å².